The number of likely N-dealkylation sites (tertiary alicyclic amines) is 1. The number of thioether (sulfide) groups is 1. The van der Waals surface area contributed by atoms with Crippen molar-refractivity contribution in [2.75, 3.05) is 26.3 Å². The molecule has 3 rings (SSSR count). The zero-order chi connectivity index (χ0) is 21.2. The Balaban J connectivity index is 1.93. The number of aliphatic hydroxyl groups excluding tert-OH is 1. The molecule has 0 aliphatic carbocycles. The maximum absolute atomic E-state index is 13.5. The van der Waals surface area contributed by atoms with Crippen LogP contribution in [-0.2, 0) is 19.1 Å². The number of hydrogen-bond donors (Lipinski definition) is 2. The van der Waals surface area contributed by atoms with Crippen molar-refractivity contribution in [3.63, 3.8) is 0 Å². The molecule has 0 radical (unpaired) electrons. The first-order valence-corrected chi connectivity index (χ1v) is 11.8. The van der Waals surface area contributed by atoms with E-state index in [9.17, 15) is 14.4 Å². The molecule has 3 fully saturated rings. The second-order valence-electron chi connectivity index (χ2n) is 8.41. The van der Waals surface area contributed by atoms with Crippen molar-refractivity contribution in [3.8, 4) is 0 Å². The van der Waals surface area contributed by atoms with Gasteiger partial charge in [0.25, 0.3) is 0 Å². The van der Waals surface area contributed by atoms with Crippen molar-refractivity contribution >= 4 is 29.5 Å². The number of aliphatic hydroxyl groups is 1. The van der Waals surface area contributed by atoms with Crippen molar-refractivity contribution < 1.29 is 24.2 Å². The van der Waals surface area contributed by atoms with E-state index in [1.807, 2.05) is 0 Å². The molecule has 0 aromatic rings. The third kappa shape index (κ3) is 3.67. The van der Waals surface area contributed by atoms with Crippen LogP contribution in [0.2, 0.25) is 0 Å². The Morgan fingerprint density at radius 3 is 2.72 bits per heavy atom. The van der Waals surface area contributed by atoms with Gasteiger partial charge in [-0.3, -0.25) is 14.4 Å². The van der Waals surface area contributed by atoms with Crippen LogP contribution in [0.4, 0.5) is 0 Å². The van der Waals surface area contributed by atoms with E-state index < -0.39 is 22.6 Å². The number of nitrogens with one attached hydrogen (secondary N) is 1. The first kappa shape index (κ1) is 22.4. The summed E-state index contributed by atoms with van der Waals surface area (Å²) >= 11 is 1.67. The Morgan fingerprint density at radius 1 is 1.31 bits per heavy atom. The van der Waals surface area contributed by atoms with E-state index in [1.165, 1.54) is 0 Å². The van der Waals surface area contributed by atoms with Crippen LogP contribution >= 0.6 is 11.8 Å². The fraction of sp³-hybridized carbons (Fsp3) is 0.857. The Hall–Kier alpha value is -1.28. The average Bonchev–Trinajstić information content (AvgIpc) is 3.27. The van der Waals surface area contributed by atoms with Gasteiger partial charge in [0.05, 0.1) is 23.2 Å². The largest absolute Gasteiger partial charge is 0.466 e. The maximum atomic E-state index is 13.5. The summed E-state index contributed by atoms with van der Waals surface area (Å²) in [5.74, 6) is -1.32. The first-order chi connectivity index (χ1) is 13.9. The van der Waals surface area contributed by atoms with E-state index in [1.54, 1.807) is 23.6 Å². The lowest BCUT2D eigenvalue weighted by Crippen LogP contribution is -2.56. The lowest BCUT2D eigenvalue weighted by atomic mass is 9.66. The minimum atomic E-state index is -0.575. The van der Waals surface area contributed by atoms with Crippen molar-refractivity contribution in [3.05, 3.63) is 0 Å². The third-order valence-corrected chi connectivity index (χ3v) is 8.77. The van der Waals surface area contributed by atoms with Gasteiger partial charge in [0, 0.05) is 24.9 Å². The minimum Gasteiger partial charge on any atom is -0.466 e. The molecule has 6 atom stereocenters. The van der Waals surface area contributed by atoms with Gasteiger partial charge in [-0.2, -0.15) is 0 Å². The van der Waals surface area contributed by atoms with Crippen molar-refractivity contribution in [1.82, 2.24) is 10.2 Å². The molecular weight excluding hydrogens is 392 g/mol. The van der Waals surface area contributed by atoms with E-state index in [4.69, 9.17) is 9.84 Å². The number of rotatable bonds is 10. The van der Waals surface area contributed by atoms with Gasteiger partial charge in [-0.25, -0.2) is 0 Å². The zero-order valence-electron chi connectivity index (χ0n) is 17.7. The molecule has 2 amide bonds. The Morgan fingerprint density at radius 2 is 2.07 bits per heavy atom. The molecule has 3 aliphatic heterocycles. The summed E-state index contributed by atoms with van der Waals surface area (Å²) in [4.78, 5) is 41.3. The van der Waals surface area contributed by atoms with Crippen LogP contribution in [0.3, 0.4) is 0 Å². The molecule has 164 valence electrons. The fourth-order valence-corrected chi connectivity index (χ4v) is 7.86. The Kier molecular flexibility index (Phi) is 7.14. The molecule has 3 saturated heterocycles. The summed E-state index contributed by atoms with van der Waals surface area (Å²) in [6.45, 7) is 7.32. The zero-order valence-corrected chi connectivity index (χ0v) is 18.5. The van der Waals surface area contributed by atoms with Gasteiger partial charge in [-0.15, -0.1) is 11.8 Å². The van der Waals surface area contributed by atoms with Crippen molar-refractivity contribution in [2.45, 2.75) is 68.9 Å². The summed E-state index contributed by atoms with van der Waals surface area (Å²) < 4.78 is 4.74. The van der Waals surface area contributed by atoms with E-state index in [-0.39, 0.29) is 42.2 Å². The molecule has 7 nitrogen and oxygen atoms in total. The summed E-state index contributed by atoms with van der Waals surface area (Å²) in [7, 11) is 0. The monoisotopic (exact) mass is 426 g/mol. The van der Waals surface area contributed by atoms with E-state index in [2.05, 4.69) is 19.2 Å². The summed E-state index contributed by atoms with van der Waals surface area (Å²) in [5, 5.41) is 12.2. The van der Waals surface area contributed by atoms with Crippen LogP contribution in [0.1, 0.15) is 52.9 Å². The van der Waals surface area contributed by atoms with Crippen molar-refractivity contribution in [2.24, 2.45) is 17.8 Å². The smallest absolute Gasteiger partial charge is 0.310 e. The number of nitrogens with zero attached hydrogens (tertiary/aromatic N) is 1. The molecule has 0 saturated carbocycles. The van der Waals surface area contributed by atoms with Crippen LogP contribution in [0, 0.1) is 17.8 Å². The summed E-state index contributed by atoms with van der Waals surface area (Å²) in [5.41, 5.74) is 0. The molecule has 29 heavy (non-hydrogen) atoms. The summed E-state index contributed by atoms with van der Waals surface area (Å²) in [6, 6.07) is -0.569. The lowest BCUT2D eigenvalue weighted by Gasteiger charge is -2.38. The lowest BCUT2D eigenvalue weighted by molar-refractivity contribution is -0.154. The van der Waals surface area contributed by atoms with E-state index in [0.29, 0.717) is 25.9 Å². The normalized spacial score (nSPS) is 35.1. The van der Waals surface area contributed by atoms with Gasteiger partial charge < -0.3 is 20.1 Å². The second kappa shape index (κ2) is 9.25. The van der Waals surface area contributed by atoms with Crippen LogP contribution in [0.5, 0.6) is 0 Å². The maximum Gasteiger partial charge on any atom is 0.310 e. The molecule has 0 aromatic carbocycles. The fourth-order valence-electron chi connectivity index (χ4n) is 5.45. The molecule has 8 heteroatoms. The third-order valence-electron chi connectivity index (χ3n) is 6.69. The molecule has 3 unspecified atom stereocenters. The van der Waals surface area contributed by atoms with Gasteiger partial charge in [0.1, 0.15) is 6.04 Å². The molecule has 2 N–H and O–H groups in total. The summed E-state index contributed by atoms with van der Waals surface area (Å²) in [6.07, 6.45) is 3.91. The average molecular weight is 427 g/mol. The number of unbranched alkanes of at least 4 members (excludes halogenated alkanes) is 2. The van der Waals surface area contributed by atoms with Gasteiger partial charge in [-0.05, 0) is 38.5 Å². The quantitative estimate of drug-likeness (QED) is 0.407. The van der Waals surface area contributed by atoms with Gasteiger partial charge in [0.15, 0.2) is 0 Å². The van der Waals surface area contributed by atoms with E-state index in [0.717, 1.165) is 19.3 Å². The predicted molar refractivity (Wildman–Crippen MR) is 111 cm³/mol. The SMILES string of the molecule is CCCCNC(=O)C1N(CCCCO)C(=O)[C@@H]2[C@@H](C(=O)OCC)[C@H]3CC(C)C12S3. The molecule has 3 aliphatic rings. The highest BCUT2D eigenvalue weighted by Crippen LogP contribution is 2.68. The number of carbonyl (C=O) groups is 3. The van der Waals surface area contributed by atoms with Gasteiger partial charge in [0.2, 0.25) is 11.8 Å². The molecule has 0 aromatic heterocycles. The number of hydrogen-bond acceptors (Lipinski definition) is 6. The molecular formula is C21H34N2O5S. The number of carbonyl (C=O) groups excluding carboxylic acids is 3. The Bertz CT molecular complexity index is 645. The predicted octanol–water partition coefficient (Wildman–Crippen LogP) is 1.58. The molecule has 1 spiro atoms. The van der Waals surface area contributed by atoms with Gasteiger partial charge in [-0.1, -0.05) is 20.3 Å². The Labute approximate surface area is 177 Å². The highest BCUT2D eigenvalue weighted by molar-refractivity contribution is 8.02. The number of amides is 2. The first-order valence-electron chi connectivity index (χ1n) is 11.0. The van der Waals surface area contributed by atoms with E-state index >= 15 is 0 Å². The molecule has 3 heterocycles. The second-order valence-corrected chi connectivity index (χ2v) is 9.96. The van der Waals surface area contributed by atoms with Crippen LogP contribution in [0.25, 0.3) is 0 Å². The van der Waals surface area contributed by atoms with Crippen LogP contribution < -0.4 is 5.32 Å². The minimum absolute atomic E-state index is 0.0310. The number of ether oxygens (including phenoxy) is 1. The number of fused-ring (bicyclic) bond motifs is 1. The standard InChI is InChI=1S/C21H34N2O5S/c1-4-6-9-22-18(25)17-21-13(3)12-14(29-21)15(20(27)28-5-2)16(21)19(26)23(17)10-7-8-11-24/h13-17,24H,4-12H2,1-3H3,(H,22,25)/t13?,14-,15+,16+,17?,21?/m1/s1. The highest BCUT2D eigenvalue weighted by Gasteiger charge is 2.76. The van der Waals surface area contributed by atoms with Crippen LogP contribution in [-0.4, -0.2) is 70.1 Å². The number of esters is 1. The van der Waals surface area contributed by atoms with Gasteiger partial charge >= 0.3 is 5.97 Å². The molecule has 2 bridgehead atoms. The van der Waals surface area contributed by atoms with Crippen LogP contribution in [0.15, 0.2) is 0 Å². The highest BCUT2D eigenvalue weighted by atomic mass is 32.2. The topological polar surface area (TPSA) is 95.9 Å². The van der Waals surface area contributed by atoms with Crippen molar-refractivity contribution in [1.29, 1.82) is 0 Å².